The third kappa shape index (κ3) is 6.60. The highest BCUT2D eigenvalue weighted by molar-refractivity contribution is 6.30. The molecule has 0 saturated carbocycles. The standard InChI is InChI=1S/C15H23ClN2O/c1-15(2,11-18-14(19)7-8-17-3)10-12-5-4-6-13(16)9-12/h4-6,9,17H,7-8,10-11H2,1-3H3,(H,18,19). The van der Waals surface area contributed by atoms with Crippen molar-refractivity contribution in [1.82, 2.24) is 10.6 Å². The molecule has 0 bridgehead atoms. The number of carbonyl (C=O) groups excluding carboxylic acids is 1. The van der Waals surface area contributed by atoms with Crippen LogP contribution in [0, 0.1) is 5.41 Å². The molecule has 4 heteroatoms. The van der Waals surface area contributed by atoms with E-state index in [1.165, 1.54) is 5.56 Å². The van der Waals surface area contributed by atoms with Crippen LogP contribution in [-0.2, 0) is 11.2 Å². The number of nitrogens with one attached hydrogen (secondary N) is 2. The van der Waals surface area contributed by atoms with Crippen LogP contribution in [0.15, 0.2) is 24.3 Å². The molecule has 1 aromatic rings. The highest BCUT2D eigenvalue weighted by Gasteiger charge is 2.19. The zero-order valence-corrected chi connectivity index (χ0v) is 12.7. The third-order valence-electron chi connectivity index (χ3n) is 2.94. The minimum absolute atomic E-state index is 0.0139. The van der Waals surface area contributed by atoms with Crippen LogP contribution >= 0.6 is 11.6 Å². The van der Waals surface area contributed by atoms with Crippen LogP contribution < -0.4 is 10.6 Å². The molecule has 0 radical (unpaired) electrons. The van der Waals surface area contributed by atoms with E-state index in [2.05, 4.69) is 30.5 Å². The first kappa shape index (κ1) is 16.0. The van der Waals surface area contributed by atoms with Crippen molar-refractivity contribution >= 4 is 17.5 Å². The number of halogens is 1. The Labute approximate surface area is 120 Å². The minimum Gasteiger partial charge on any atom is -0.356 e. The molecule has 0 spiro atoms. The van der Waals surface area contributed by atoms with Crippen molar-refractivity contribution in [3.63, 3.8) is 0 Å². The summed E-state index contributed by atoms with van der Waals surface area (Å²) in [6, 6.07) is 7.87. The molecule has 19 heavy (non-hydrogen) atoms. The molecule has 0 unspecified atom stereocenters. The summed E-state index contributed by atoms with van der Waals surface area (Å²) < 4.78 is 0. The monoisotopic (exact) mass is 282 g/mol. The molecule has 0 heterocycles. The molecule has 1 amide bonds. The number of amides is 1. The van der Waals surface area contributed by atoms with E-state index in [4.69, 9.17) is 11.6 Å². The van der Waals surface area contributed by atoms with E-state index in [1.807, 2.05) is 25.2 Å². The maximum atomic E-state index is 11.6. The van der Waals surface area contributed by atoms with Crippen LogP contribution in [-0.4, -0.2) is 26.0 Å². The third-order valence-corrected chi connectivity index (χ3v) is 3.17. The van der Waals surface area contributed by atoms with E-state index in [9.17, 15) is 4.79 Å². The van der Waals surface area contributed by atoms with Gasteiger partial charge in [-0.1, -0.05) is 37.6 Å². The predicted molar refractivity (Wildman–Crippen MR) is 80.5 cm³/mol. The molecule has 0 atom stereocenters. The minimum atomic E-state index is 0.0139. The van der Waals surface area contributed by atoms with Gasteiger partial charge in [-0.15, -0.1) is 0 Å². The fraction of sp³-hybridized carbons (Fsp3) is 0.533. The molecule has 1 aromatic carbocycles. The van der Waals surface area contributed by atoms with Gasteiger partial charge in [0, 0.05) is 24.5 Å². The van der Waals surface area contributed by atoms with E-state index < -0.39 is 0 Å². The van der Waals surface area contributed by atoms with Gasteiger partial charge in [0.05, 0.1) is 0 Å². The maximum absolute atomic E-state index is 11.6. The summed E-state index contributed by atoms with van der Waals surface area (Å²) in [5.41, 5.74) is 1.21. The molecule has 3 nitrogen and oxygen atoms in total. The van der Waals surface area contributed by atoms with Gasteiger partial charge in [-0.25, -0.2) is 0 Å². The highest BCUT2D eigenvalue weighted by Crippen LogP contribution is 2.22. The Bertz CT molecular complexity index is 418. The smallest absolute Gasteiger partial charge is 0.221 e. The predicted octanol–water partition coefficient (Wildman–Crippen LogP) is 2.63. The Hall–Kier alpha value is -1.06. The van der Waals surface area contributed by atoms with Gasteiger partial charge in [0.25, 0.3) is 0 Å². The summed E-state index contributed by atoms with van der Waals surface area (Å²) >= 11 is 5.98. The Morgan fingerprint density at radius 2 is 2.11 bits per heavy atom. The average Bonchev–Trinajstić information content (AvgIpc) is 2.33. The lowest BCUT2D eigenvalue weighted by molar-refractivity contribution is -0.121. The molecule has 2 N–H and O–H groups in total. The summed E-state index contributed by atoms with van der Waals surface area (Å²) in [6.45, 7) is 5.67. The van der Waals surface area contributed by atoms with Gasteiger partial charge in [0.1, 0.15) is 0 Å². The molecular formula is C15H23ClN2O. The van der Waals surface area contributed by atoms with Gasteiger partial charge in [0.2, 0.25) is 5.91 Å². The average molecular weight is 283 g/mol. The van der Waals surface area contributed by atoms with Gasteiger partial charge in [0.15, 0.2) is 0 Å². The second-order valence-electron chi connectivity index (χ2n) is 5.60. The van der Waals surface area contributed by atoms with Gasteiger partial charge in [-0.05, 0) is 36.6 Å². The van der Waals surface area contributed by atoms with Crippen molar-refractivity contribution in [2.45, 2.75) is 26.7 Å². The van der Waals surface area contributed by atoms with Gasteiger partial charge >= 0.3 is 0 Å². The van der Waals surface area contributed by atoms with E-state index in [1.54, 1.807) is 0 Å². The lowest BCUT2D eigenvalue weighted by Gasteiger charge is -2.25. The Morgan fingerprint density at radius 3 is 2.74 bits per heavy atom. The van der Waals surface area contributed by atoms with Gasteiger partial charge in [-0.2, -0.15) is 0 Å². The summed E-state index contributed by atoms with van der Waals surface area (Å²) in [5.74, 6) is 0.0912. The molecule has 0 saturated heterocycles. The number of hydrogen-bond acceptors (Lipinski definition) is 2. The van der Waals surface area contributed by atoms with Crippen LogP contribution in [0.5, 0.6) is 0 Å². The maximum Gasteiger partial charge on any atom is 0.221 e. The van der Waals surface area contributed by atoms with Crippen LogP contribution in [0.4, 0.5) is 0 Å². The summed E-state index contributed by atoms with van der Waals surface area (Å²) in [5, 5.41) is 6.70. The second kappa shape index (κ2) is 7.51. The second-order valence-corrected chi connectivity index (χ2v) is 6.04. The number of benzene rings is 1. The van der Waals surface area contributed by atoms with E-state index in [-0.39, 0.29) is 11.3 Å². The first-order valence-electron chi connectivity index (χ1n) is 6.59. The van der Waals surface area contributed by atoms with Crippen molar-refractivity contribution in [1.29, 1.82) is 0 Å². The lowest BCUT2D eigenvalue weighted by atomic mass is 9.85. The zero-order valence-electron chi connectivity index (χ0n) is 11.9. The molecule has 0 aliphatic carbocycles. The summed E-state index contributed by atoms with van der Waals surface area (Å²) in [7, 11) is 1.84. The molecule has 0 aliphatic heterocycles. The van der Waals surface area contributed by atoms with Gasteiger partial charge < -0.3 is 10.6 Å². The Balaban J connectivity index is 2.45. The van der Waals surface area contributed by atoms with Crippen molar-refractivity contribution in [3.8, 4) is 0 Å². The zero-order chi connectivity index (χ0) is 14.3. The van der Waals surface area contributed by atoms with Crippen LogP contribution in [0.25, 0.3) is 0 Å². The van der Waals surface area contributed by atoms with Crippen molar-refractivity contribution in [2.75, 3.05) is 20.1 Å². The molecule has 0 fully saturated rings. The van der Waals surface area contributed by atoms with Crippen LogP contribution in [0.1, 0.15) is 25.8 Å². The van der Waals surface area contributed by atoms with E-state index in [0.717, 1.165) is 11.4 Å². The van der Waals surface area contributed by atoms with Gasteiger partial charge in [-0.3, -0.25) is 4.79 Å². The van der Waals surface area contributed by atoms with E-state index >= 15 is 0 Å². The largest absolute Gasteiger partial charge is 0.356 e. The summed E-state index contributed by atoms with van der Waals surface area (Å²) in [4.78, 5) is 11.6. The molecule has 106 valence electrons. The van der Waals surface area contributed by atoms with E-state index in [0.29, 0.717) is 19.5 Å². The SMILES string of the molecule is CNCCC(=O)NCC(C)(C)Cc1cccc(Cl)c1. The number of rotatable bonds is 7. The van der Waals surface area contributed by atoms with Crippen molar-refractivity contribution in [2.24, 2.45) is 5.41 Å². The fourth-order valence-electron chi connectivity index (χ4n) is 1.93. The first-order valence-corrected chi connectivity index (χ1v) is 6.96. The van der Waals surface area contributed by atoms with Crippen LogP contribution in [0.3, 0.4) is 0 Å². The first-order chi connectivity index (χ1) is 8.93. The van der Waals surface area contributed by atoms with Crippen molar-refractivity contribution < 1.29 is 4.79 Å². The number of hydrogen-bond donors (Lipinski definition) is 2. The van der Waals surface area contributed by atoms with Crippen LogP contribution in [0.2, 0.25) is 5.02 Å². The number of carbonyl (C=O) groups is 1. The lowest BCUT2D eigenvalue weighted by Crippen LogP contribution is -2.36. The quantitative estimate of drug-likeness (QED) is 0.807. The topological polar surface area (TPSA) is 41.1 Å². The molecular weight excluding hydrogens is 260 g/mol. The molecule has 1 rings (SSSR count). The normalized spacial score (nSPS) is 11.4. The van der Waals surface area contributed by atoms with Crippen molar-refractivity contribution in [3.05, 3.63) is 34.9 Å². The summed E-state index contributed by atoms with van der Waals surface area (Å²) in [6.07, 6.45) is 1.41. The Morgan fingerprint density at radius 1 is 1.37 bits per heavy atom. The molecule has 0 aromatic heterocycles. The fourth-order valence-corrected chi connectivity index (χ4v) is 2.14. The highest BCUT2D eigenvalue weighted by atomic mass is 35.5. The molecule has 0 aliphatic rings. The Kier molecular flexibility index (Phi) is 6.32.